The quantitative estimate of drug-likeness (QED) is 0.428. The molecule has 154 valence electrons. The largest absolute Gasteiger partial charge is 0.351 e. The minimum atomic E-state index is -0.0631. The van der Waals surface area contributed by atoms with Crippen LogP contribution in [0.3, 0.4) is 0 Å². The number of benzene rings is 2. The van der Waals surface area contributed by atoms with E-state index >= 15 is 0 Å². The highest BCUT2D eigenvalue weighted by atomic mass is 32.1. The zero-order valence-electron chi connectivity index (χ0n) is 17.6. The van der Waals surface area contributed by atoms with Crippen LogP contribution < -0.4 is 10.2 Å². The zero-order chi connectivity index (χ0) is 21.4. The molecule has 4 nitrogen and oxygen atoms in total. The first-order valence-electron chi connectivity index (χ1n) is 10.4. The summed E-state index contributed by atoms with van der Waals surface area (Å²) in [6.45, 7) is 4.25. The van der Waals surface area contributed by atoms with Gasteiger partial charge in [-0.2, -0.15) is 0 Å². The fourth-order valence-electron chi connectivity index (χ4n) is 4.48. The van der Waals surface area contributed by atoms with Gasteiger partial charge in [-0.25, -0.2) is 0 Å². The van der Waals surface area contributed by atoms with Gasteiger partial charge in [-0.15, -0.1) is 0 Å². The van der Waals surface area contributed by atoms with E-state index in [0.717, 1.165) is 22.8 Å². The maximum atomic E-state index is 5.87. The van der Waals surface area contributed by atoms with E-state index in [0.29, 0.717) is 5.11 Å². The molecule has 0 bridgehead atoms. The number of pyridine rings is 1. The van der Waals surface area contributed by atoms with Crippen LogP contribution in [0.2, 0.25) is 0 Å². The van der Waals surface area contributed by atoms with Gasteiger partial charge in [0.05, 0.1) is 11.7 Å². The molecule has 2 atom stereocenters. The molecule has 5 rings (SSSR count). The summed E-state index contributed by atoms with van der Waals surface area (Å²) in [7, 11) is 0. The van der Waals surface area contributed by atoms with Gasteiger partial charge < -0.3 is 14.8 Å². The number of nitrogens with zero attached hydrogens (tertiary/aromatic N) is 3. The van der Waals surface area contributed by atoms with E-state index in [1.54, 1.807) is 0 Å². The second-order valence-electron chi connectivity index (χ2n) is 7.98. The Morgan fingerprint density at radius 3 is 2.29 bits per heavy atom. The number of aryl methyl sites for hydroxylation is 2. The van der Waals surface area contributed by atoms with Gasteiger partial charge in [-0.3, -0.25) is 4.98 Å². The van der Waals surface area contributed by atoms with E-state index in [4.69, 9.17) is 12.2 Å². The molecule has 31 heavy (non-hydrogen) atoms. The van der Waals surface area contributed by atoms with Crippen molar-refractivity contribution < 1.29 is 0 Å². The van der Waals surface area contributed by atoms with Crippen molar-refractivity contribution in [3.8, 4) is 5.69 Å². The molecule has 0 saturated carbocycles. The molecule has 5 heteroatoms. The molecule has 1 aliphatic rings. The zero-order valence-corrected chi connectivity index (χ0v) is 18.4. The van der Waals surface area contributed by atoms with Crippen LogP contribution in [-0.4, -0.2) is 14.7 Å². The van der Waals surface area contributed by atoms with Crippen LogP contribution in [-0.2, 0) is 0 Å². The summed E-state index contributed by atoms with van der Waals surface area (Å²) in [5.74, 6) is 0. The third-order valence-electron chi connectivity index (χ3n) is 5.70. The fraction of sp³-hybridized carbons (Fsp3) is 0.154. The Hall–Kier alpha value is -3.44. The molecule has 2 aromatic carbocycles. The van der Waals surface area contributed by atoms with Crippen LogP contribution >= 0.6 is 12.2 Å². The van der Waals surface area contributed by atoms with Gasteiger partial charge in [0, 0.05) is 29.5 Å². The lowest BCUT2D eigenvalue weighted by atomic mass is 10.00. The van der Waals surface area contributed by atoms with Crippen molar-refractivity contribution in [2.24, 2.45) is 0 Å². The van der Waals surface area contributed by atoms with Gasteiger partial charge >= 0.3 is 0 Å². The summed E-state index contributed by atoms with van der Waals surface area (Å²) < 4.78 is 2.24. The van der Waals surface area contributed by atoms with Crippen molar-refractivity contribution in [2.45, 2.75) is 25.9 Å². The second-order valence-corrected chi connectivity index (χ2v) is 8.37. The van der Waals surface area contributed by atoms with E-state index in [2.05, 4.69) is 100 Å². The van der Waals surface area contributed by atoms with E-state index in [9.17, 15) is 0 Å². The number of thiocarbonyl (C=S) groups is 1. The molecule has 3 heterocycles. The lowest BCUT2D eigenvalue weighted by Gasteiger charge is -2.29. The maximum absolute atomic E-state index is 5.87. The maximum Gasteiger partial charge on any atom is 0.174 e. The summed E-state index contributed by atoms with van der Waals surface area (Å²) >= 11 is 5.87. The van der Waals surface area contributed by atoms with Crippen LogP contribution in [0.15, 0.2) is 91.3 Å². The average Bonchev–Trinajstić information content (AvgIpc) is 3.38. The van der Waals surface area contributed by atoms with Crippen LogP contribution in [0.4, 0.5) is 5.69 Å². The van der Waals surface area contributed by atoms with Crippen LogP contribution in [0.1, 0.15) is 34.6 Å². The first kappa shape index (κ1) is 19.5. The molecule has 1 N–H and O–H groups in total. The molecule has 1 fully saturated rings. The number of aromatic nitrogens is 2. The van der Waals surface area contributed by atoms with Gasteiger partial charge in [0.2, 0.25) is 0 Å². The first-order valence-corrected chi connectivity index (χ1v) is 10.8. The number of para-hydroxylation sites is 1. The first-order chi connectivity index (χ1) is 15.1. The molecule has 1 saturated heterocycles. The van der Waals surface area contributed by atoms with Gasteiger partial charge in [-0.1, -0.05) is 30.3 Å². The smallest absolute Gasteiger partial charge is 0.174 e. The molecule has 0 radical (unpaired) electrons. The third-order valence-corrected chi connectivity index (χ3v) is 6.01. The normalized spacial score (nSPS) is 18.3. The Bertz CT molecular complexity index is 1200. The SMILES string of the molecule is Cc1cc(C)cc(N2C(=S)NC(c3ccccn3)C2c2cccn2-c2ccccc2)c1. The van der Waals surface area contributed by atoms with Gasteiger partial charge in [0.25, 0.3) is 0 Å². The molecular formula is C26H24N4S. The number of rotatable bonds is 4. The molecule has 2 aromatic heterocycles. The molecule has 4 aromatic rings. The molecular weight excluding hydrogens is 400 g/mol. The van der Waals surface area contributed by atoms with Crippen molar-refractivity contribution in [3.63, 3.8) is 0 Å². The lowest BCUT2D eigenvalue weighted by Crippen LogP contribution is -2.30. The summed E-state index contributed by atoms with van der Waals surface area (Å²) in [5, 5.41) is 4.27. The average molecular weight is 425 g/mol. The highest BCUT2D eigenvalue weighted by molar-refractivity contribution is 7.80. The van der Waals surface area contributed by atoms with Crippen LogP contribution in [0, 0.1) is 13.8 Å². The Labute approximate surface area is 188 Å². The van der Waals surface area contributed by atoms with Gasteiger partial charge in [0.1, 0.15) is 6.04 Å². The predicted octanol–water partition coefficient (Wildman–Crippen LogP) is 5.67. The summed E-state index contributed by atoms with van der Waals surface area (Å²) in [6.07, 6.45) is 3.95. The van der Waals surface area contributed by atoms with Crippen LogP contribution in [0.25, 0.3) is 5.69 Å². The summed E-state index contributed by atoms with van der Waals surface area (Å²) in [6, 6.07) is 27.2. The highest BCUT2D eigenvalue weighted by Gasteiger charge is 2.42. The molecule has 0 aliphatic carbocycles. The van der Waals surface area contributed by atoms with Crippen molar-refractivity contribution in [3.05, 3.63) is 114 Å². The Morgan fingerprint density at radius 1 is 0.839 bits per heavy atom. The second kappa shape index (κ2) is 8.00. The Balaban J connectivity index is 1.69. The number of nitrogens with one attached hydrogen (secondary N) is 1. The monoisotopic (exact) mass is 424 g/mol. The molecule has 2 unspecified atom stereocenters. The van der Waals surface area contributed by atoms with Crippen LogP contribution in [0.5, 0.6) is 0 Å². The van der Waals surface area contributed by atoms with Gasteiger partial charge in [0.15, 0.2) is 5.11 Å². The van der Waals surface area contributed by atoms with E-state index < -0.39 is 0 Å². The topological polar surface area (TPSA) is 33.1 Å². The Morgan fingerprint density at radius 2 is 1.58 bits per heavy atom. The van der Waals surface area contributed by atoms with Crippen molar-refractivity contribution in [2.75, 3.05) is 4.90 Å². The minimum absolute atomic E-state index is 0.0428. The molecule has 0 spiro atoms. The number of hydrogen-bond donors (Lipinski definition) is 1. The highest BCUT2D eigenvalue weighted by Crippen LogP contribution is 2.42. The Kier molecular flexibility index (Phi) is 5.04. The minimum Gasteiger partial charge on any atom is -0.351 e. The fourth-order valence-corrected chi connectivity index (χ4v) is 4.83. The van der Waals surface area contributed by atoms with Crippen molar-refractivity contribution >= 4 is 23.0 Å². The number of anilines is 1. The predicted molar refractivity (Wildman–Crippen MR) is 130 cm³/mol. The van der Waals surface area contributed by atoms with E-state index in [1.807, 2.05) is 24.4 Å². The summed E-state index contributed by atoms with van der Waals surface area (Å²) in [5.41, 5.74) is 6.79. The van der Waals surface area contributed by atoms with Crippen molar-refractivity contribution in [1.29, 1.82) is 0 Å². The summed E-state index contributed by atoms with van der Waals surface area (Å²) in [4.78, 5) is 6.90. The van der Waals surface area contributed by atoms with Crippen molar-refractivity contribution in [1.82, 2.24) is 14.9 Å². The molecule has 0 amide bonds. The van der Waals surface area contributed by atoms with E-state index in [-0.39, 0.29) is 12.1 Å². The standard InChI is InChI=1S/C26H24N4S/c1-18-15-19(2)17-21(16-18)30-25(24(28-26(30)31)22-11-6-7-13-27-22)23-12-8-14-29(23)20-9-4-3-5-10-20/h3-17,24-25H,1-2H3,(H,28,31). The number of hydrogen-bond acceptors (Lipinski definition) is 2. The third kappa shape index (κ3) is 3.62. The van der Waals surface area contributed by atoms with E-state index in [1.165, 1.54) is 11.1 Å². The molecule has 1 aliphatic heterocycles. The van der Waals surface area contributed by atoms with Gasteiger partial charge in [-0.05, 0) is 85.7 Å². The lowest BCUT2D eigenvalue weighted by molar-refractivity contribution is 0.549.